The monoisotopic (exact) mass is 222 g/mol. The van der Waals surface area contributed by atoms with Crippen molar-refractivity contribution in [1.82, 2.24) is 0 Å². The average Bonchev–Trinajstić information content (AvgIpc) is 2.25. The highest BCUT2D eigenvalue weighted by Crippen LogP contribution is 2.18. The highest BCUT2D eigenvalue weighted by atomic mass is 16.5. The van der Waals surface area contributed by atoms with Crippen molar-refractivity contribution in [3.8, 4) is 0 Å². The van der Waals surface area contributed by atoms with Crippen molar-refractivity contribution in [1.29, 1.82) is 0 Å². The van der Waals surface area contributed by atoms with Crippen LogP contribution in [0.4, 0.5) is 11.4 Å². The summed E-state index contributed by atoms with van der Waals surface area (Å²) in [5, 5.41) is 0. The van der Waals surface area contributed by atoms with Gasteiger partial charge in [0.05, 0.1) is 5.56 Å². The van der Waals surface area contributed by atoms with Crippen molar-refractivity contribution in [2.45, 2.75) is 32.8 Å². The molecule has 0 heterocycles. The van der Waals surface area contributed by atoms with Crippen LogP contribution < -0.4 is 11.5 Å². The Bertz CT molecular complexity index is 373. The van der Waals surface area contributed by atoms with Gasteiger partial charge in [0.25, 0.3) is 0 Å². The lowest BCUT2D eigenvalue weighted by Gasteiger charge is -2.14. The summed E-state index contributed by atoms with van der Waals surface area (Å²) in [5.41, 5.74) is 12.5. The fourth-order valence-corrected chi connectivity index (χ4v) is 1.44. The molecule has 1 rings (SSSR count). The Hall–Kier alpha value is -1.71. The van der Waals surface area contributed by atoms with Crippen LogP contribution in [0.2, 0.25) is 0 Å². The van der Waals surface area contributed by atoms with Crippen LogP contribution in [0.1, 0.15) is 37.0 Å². The van der Waals surface area contributed by atoms with Crippen LogP contribution >= 0.6 is 0 Å². The fraction of sp³-hybridized carbons (Fsp3) is 0.417. The van der Waals surface area contributed by atoms with Crippen molar-refractivity contribution < 1.29 is 9.53 Å². The number of ether oxygens (including phenoxy) is 1. The molecule has 0 aliphatic heterocycles. The van der Waals surface area contributed by atoms with Gasteiger partial charge in [-0.05, 0) is 31.0 Å². The summed E-state index contributed by atoms with van der Waals surface area (Å²) in [4.78, 5) is 11.8. The number of hydrogen-bond acceptors (Lipinski definition) is 4. The maximum Gasteiger partial charge on any atom is 0.340 e. The van der Waals surface area contributed by atoms with Crippen LogP contribution in [0.15, 0.2) is 18.2 Å². The molecule has 0 spiro atoms. The first-order valence-corrected chi connectivity index (χ1v) is 5.44. The fourth-order valence-electron chi connectivity index (χ4n) is 1.44. The molecule has 4 nitrogen and oxygen atoms in total. The molecule has 16 heavy (non-hydrogen) atoms. The highest BCUT2D eigenvalue weighted by molar-refractivity contribution is 5.95. The predicted octanol–water partition coefficient (Wildman–Crippen LogP) is 2.20. The predicted molar refractivity (Wildman–Crippen MR) is 65.1 cm³/mol. The summed E-state index contributed by atoms with van der Waals surface area (Å²) >= 11 is 0. The summed E-state index contributed by atoms with van der Waals surface area (Å²) in [5.74, 6) is -0.383. The Morgan fingerprint density at radius 3 is 2.44 bits per heavy atom. The Morgan fingerprint density at radius 1 is 1.31 bits per heavy atom. The summed E-state index contributed by atoms with van der Waals surface area (Å²) < 4.78 is 5.30. The van der Waals surface area contributed by atoms with E-state index in [0.29, 0.717) is 16.9 Å². The van der Waals surface area contributed by atoms with Gasteiger partial charge in [0.15, 0.2) is 0 Å². The number of carbonyl (C=O) groups is 1. The summed E-state index contributed by atoms with van der Waals surface area (Å²) in [6.45, 7) is 3.96. The number of rotatable bonds is 4. The lowest BCUT2D eigenvalue weighted by molar-refractivity contribution is 0.0285. The van der Waals surface area contributed by atoms with E-state index in [9.17, 15) is 4.79 Å². The molecule has 0 saturated heterocycles. The topological polar surface area (TPSA) is 78.3 Å². The molecule has 0 aliphatic rings. The van der Waals surface area contributed by atoms with Crippen LogP contribution in [-0.4, -0.2) is 12.1 Å². The SMILES string of the molecule is CCC(CC)OC(=O)c1ccc(N)cc1N. The van der Waals surface area contributed by atoms with E-state index in [1.54, 1.807) is 18.2 Å². The van der Waals surface area contributed by atoms with Gasteiger partial charge in [-0.3, -0.25) is 0 Å². The maximum atomic E-state index is 11.8. The van der Waals surface area contributed by atoms with Crippen molar-refractivity contribution in [2.75, 3.05) is 11.5 Å². The van der Waals surface area contributed by atoms with Crippen molar-refractivity contribution >= 4 is 17.3 Å². The Morgan fingerprint density at radius 2 is 1.94 bits per heavy atom. The smallest absolute Gasteiger partial charge is 0.340 e. The number of carbonyl (C=O) groups excluding carboxylic acids is 1. The lowest BCUT2D eigenvalue weighted by atomic mass is 10.1. The van der Waals surface area contributed by atoms with Gasteiger partial charge in [-0.25, -0.2) is 4.79 Å². The second-order valence-corrected chi connectivity index (χ2v) is 3.69. The zero-order chi connectivity index (χ0) is 12.1. The average molecular weight is 222 g/mol. The minimum atomic E-state index is -0.383. The van der Waals surface area contributed by atoms with E-state index in [1.807, 2.05) is 13.8 Å². The number of nitrogen functional groups attached to an aromatic ring is 2. The van der Waals surface area contributed by atoms with E-state index >= 15 is 0 Å². The van der Waals surface area contributed by atoms with Gasteiger partial charge in [0.1, 0.15) is 6.10 Å². The molecule has 4 N–H and O–H groups in total. The third kappa shape index (κ3) is 2.89. The molecule has 0 aromatic heterocycles. The zero-order valence-electron chi connectivity index (χ0n) is 9.69. The van der Waals surface area contributed by atoms with Gasteiger partial charge >= 0.3 is 5.97 Å². The summed E-state index contributed by atoms with van der Waals surface area (Å²) in [7, 11) is 0. The van der Waals surface area contributed by atoms with Gasteiger partial charge in [0, 0.05) is 11.4 Å². The first-order chi connectivity index (χ1) is 7.58. The molecule has 0 radical (unpaired) electrons. The maximum absolute atomic E-state index is 11.8. The van der Waals surface area contributed by atoms with E-state index in [0.717, 1.165) is 12.8 Å². The van der Waals surface area contributed by atoms with Crippen molar-refractivity contribution in [3.63, 3.8) is 0 Å². The first kappa shape index (κ1) is 12.4. The molecular formula is C12H18N2O2. The van der Waals surface area contributed by atoms with E-state index in [2.05, 4.69) is 0 Å². The molecule has 0 unspecified atom stereocenters. The van der Waals surface area contributed by atoms with Crippen LogP contribution in [0.3, 0.4) is 0 Å². The van der Waals surface area contributed by atoms with Gasteiger partial charge in [-0.15, -0.1) is 0 Å². The van der Waals surface area contributed by atoms with Gasteiger partial charge in [0.2, 0.25) is 0 Å². The molecular weight excluding hydrogens is 204 g/mol. The normalized spacial score (nSPS) is 10.4. The number of esters is 1. The van der Waals surface area contributed by atoms with E-state index < -0.39 is 0 Å². The zero-order valence-corrected chi connectivity index (χ0v) is 9.69. The lowest BCUT2D eigenvalue weighted by Crippen LogP contribution is -2.17. The molecule has 0 bridgehead atoms. The minimum absolute atomic E-state index is 0.0514. The molecule has 88 valence electrons. The van der Waals surface area contributed by atoms with E-state index in [-0.39, 0.29) is 12.1 Å². The van der Waals surface area contributed by atoms with Gasteiger partial charge in [-0.1, -0.05) is 13.8 Å². The second-order valence-electron chi connectivity index (χ2n) is 3.69. The molecule has 0 amide bonds. The summed E-state index contributed by atoms with van der Waals surface area (Å²) in [6.07, 6.45) is 1.55. The highest BCUT2D eigenvalue weighted by Gasteiger charge is 2.15. The van der Waals surface area contributed by atoms with E-state index in [1.165, 1.54) is 0 Å². The number of nitrogens with two attached hydrogens (primary N) is 2. The second kappa shape index (κ2) is 5.39. The van der Waals surface area contributed by atoms with Crippen LogP contribution in [0.5, 0.6) is 0 Å². The largest absolute Gasteiger partial charge is 0.459 e. The Labute approximate surface area is 95.6 Å². The van der Waals surface area contributed by atoms with Gasteiger partial charge < -0.3 is 16.2 Å². The van der Waals surface area contributed by atoms with Crippen LogP contribution in [0.25, 0.3) is 0 Å². The Kier molecular flexibility index (Phi) is 4.17. The number of hydrogen-bond donors (Lipinski definition) is 2. The van der Waals surface area contributed by atoms with Crippen molar-refractivity contribution in [2.24, 2.45) is 0 Å². The molecule has 1 aromatic rings. The van der Waals surface area contributed by atoms with Crippen LogP contribution in [0, 0.1) is 0 Å². The third-order valence-corrected chi connectivity index (χ3v) is 2.48. The Balaban J connectivity index is 2.80. The molecule has 0 saturated carbocycles. The number of benzene rings is 1. The van der Waals surface area contributed by atoms with Gasteiger partial charge in [-0.2, -0.15) is 0 Å². The molecule has 0 fully saturated rings. The standard InChI is InChI=1S/C12H18N2O2/c1-3-9(4-2)16-12(15)10-6-5-8(13)7-11(10)14/h5-7,9H,3-4,13-14H2,1-2H3. The molecule has 0 aliphatic carbocycles. The first-order valence-electron chi connectivity index (χ1n) is 5.44. The van der Waals surface area contributed by atoms with Crippen LogP contribution in [-0.2, 0) is 4.74 Å². The van der Waals surface area contributed by atoms with Crippen molar-refractivity contribution in [3.05, 3.63) is 23.8 Å². The van der Waals surface area contributed by atoms with E-state index in [4.69, 9.17) is 16.2 Å². The molecule has 0 atom stereocenters. The molecule has 1 aromatic carbocycles. The minimum Gasteiger partial charge on any atom is -0.459 e. The number of anilines is 2. The summed E-state index contributed by atoms with van der Waals surface area (Å²) in [6, 6.07) is 4.79. The molecule has 4 heteroatoms. The quantitative estimate of drug-likeness (QED) is 0.604. The third-order valence-electron chi connectivity index (χ3n) is 2.48.